The summed E-state index contributed by atoms with van der Waals surface area (Å²) in [6.45, 7) is 9.00. The van der Waals surface area contributed by atoms with Crippen molar-refractivity contribution >= 4 is 11.0 Å². The Labute approximate surface area is 108 Å². The normalized spacial score (nSPS) is 11.7. The minimum absolute atomic E-state index is 0.281. The second-order valence-corrected chi connectivity index (χ2v) is 5.61. The third kappa shape index (κ3) is 2.38. The summed E-state index contributed by atoms with van der Waals surface area (Å²) < 4.78 is 2.14. The molecule has 0 aliphatic carbocycles. The van der Waals surface area contributed by atoms with Crippen molar-refractivity contribution in [3.63, 3.8) is 0 Å². The van der Waals surface area contributed by atoms with Crippen LogP contribution in [0.4, 0.5) is 0 Å². The van der Waals surface area contributed by atoms with Gasteiger partial charge in [-0.3, -0.25) is 0 Å². The summed E-state index contributed by atoms with van der Waals surface area (Å²) in [4.78, 5) is 4.43. The quantitative estimate of drug-likeness (QED) is 0.824. The smallest absolute Gasteiger partial charge is 0.0958 e. The van der Waals surface area contributed by atoms with Crippen LogP contribution in [-0.2, 0) is 6.54 Å². The SMILES string of the molecule is Cc1cc2ncn(CCC(C)(C)C#N)c2cc1C. The van der Waals surface area contributed by atoms with Gasteiger partial charge in [-0.05, 0) is 57.4 Å². The summed E-state index contributed by atoms with van der Waals surface area (Å²) in [6, 6.07) is 6.64. The van der Waals surface area contributed by atoms with Crippen molar-refractivity contribution < 1.29 is 0 Å². The molecule has 2 aromatic rings. The second kappa shape index (κ2) is 4.45. The van der Waals surface area contributed by atoms with E-state index >= 15 is 0 Å². The van der Waals surface area contributed by atoms with Crippen LogP contribution in [0.15, 0.2) is 18.5 Å². The lowest BCUT2D eigenvalue weighted by Gasteiger charge is -2.15. The topological polar surface area (TPSA) is 41.6 Å². The van der Waals surface area contributed by atoms with Crippen molar-refractivity contribution in [1.29, 1.82) is 5.26 Å². The van der Waals surface area contributed by atoms with Crippen LogP contribution in [0.3, 0.4) is 0 Å². The van der Waals surface area contributed by atoms with Crippen molar-refractivity contribution in [1.82, 2.24) is 9.55 Å². The van der Waals surface area contributed by atoms with Crippen LogP contribution in [0, 0.1) is 30.6 Å². The first-order chi connectivity index (χ1) is 8.43. The van der Waals surface area contributed by atoms with Gasteiger partial charge in [0.05, 0.1) is 28.8 Å². The maximum atomic E-state index is 9.04. The highest BCUT2D eigenvalue weighted by molar-refractivity contribution is 5.77. The van der Waals surface area contributed by atoms with E-state index in [-0.39, 0.29) is 5.41 Å². The van der Waals surface area contributed by atoms with E-state index in [1.54, 1.807) is 0 Å². The van der Waals surface area contributed by atoms with E-state index in [4.69, 9.17) is 5.26 Å². The zero-order chi connectivity index (χ0) is 13.3. The molecule has 1 heterocycles. The molecule has 0 spiro atoms. The Morgan fingerprint density at radius 3 is 2.61 bits per heavy atom. The summed E-state index contributed by atoms with van der Waals surface area (Å²) in [5.74, 6) is 0. The van der Waals surface area contributed by atoms with Gasteiger partial charge < -0.3 is 4.57 Å². The van der Waals surface area contributed by atoms with Crippen LogP contribution in [-0.4, -0.2) is 9.55 Å². The van der Waals surface area contributed by atoms with Crippen LogP contribution >= 0.6 is 0 Å². The molecule has 0 N–H and O–H groups in total. The van der Waals surface area contributed by atoms with Gasteiger partial charge in [0.25, 0.3) is 0 Å². The molecule has 0 amide bonds. The lowest BCUT2D eigenvalue weighted by atomic mass is 9.91. The number of aryl methyl sites for hydroxylation is 3. The summed E-state index contributed by atoms with van der Waals surface area (Å²) in [5.41, 5.74) is 4.46. The molecular weight excluding hydrogens is 222 g/mol. The Morgan fingerprint density at radius 1 is 1.28 bits per heavy atom. The average molecular weight is 241 g/mol. The standard InChI is InChI=1S/C15H19N3/c1-11-7-13-14(8-12(11)2)18(10-17-13)6-5-15(3,4)9-16/h7-8,10H,5-6H2,1-4H3. The molecule has 2 rings (SSSR count). The van der Waals surface area contributed by atoms with Gasteiger partial charge in [0.2, 0.25) is 0 Å². The van der Waals surface area contributed by atoms with Crippen molar-refractivity contribution in [3.8, 4) is 6.07 Å². The van der Waals surface area contributed by atoms with Gasteiger partial charge >= 0.3 is 0 Å². The Hall–Kier alpha value is -1.82. The average Bonchev–Trinajstić information content (AvgIpc) is 2.70. The molecule has 0 radical (unpaired) electrons. The number of benzene rings is 1. The first kappa shape index (κ1) is 12.6. The Balaban J connectivity index is 2.30. The largest absolute Gasteiger partial charge is 0.331 e. The van der Waals surface area contributed by atoms with Gasteiger partial charge in [-0.1, -0.05) is 0 Å². The summed E-state index contributed by atoms with van der Waals surface area (Å²) >= 11 is 0. The molecule has 0 bridgehead atoms. The van der Waals surface area contributed by atoms with E-state index in [1.165, 1.54) is 11.1 Å². The minimum atomic E-state index is -0.281. The van der Waals surface area contributed by atoms with E-state index < -0.39 is 0 Å². The van der Waals surface area contributed by atoms with Crippen LogP contribution in [0.1, 0.15) is 31.4 Å². The summed E-state index contributed by atoms with van der Waals surface area (Å²) in [7, 11) is 0. The molecule has 94 valence electrons. The third-order valence-electron chi connectivity index (χ3n) is 3.52. The lowest BCUT2D eigenvalue weighted by molar-refractivity contribution is 0.417. The Bertz CT molecular complexity index is 614. The molecule has 1 aromatic heterocycles. The molecule has 0 aliphatic rings. The van der Waals surface area contributed by atoms with Crippen LogP contribution in [0.25, 0.3) is 11.0 Å². The molecule has 0 aliphatic heterocycles. The number of imidazole rings is 1. The number of rotatable bonds is 3. The molecule has 0 saturated heterocycles. The summed E-state index contributed by atoms with van der Waals surface area (Å²) in [6.07, 6.45) is 2.71. The third-order valence-corrected chi connectivity index (χ3v) is 3.52. The summed E-state index contributed by atoms with van der Waals surface area (Å²) in [5, 5.41) is 9.04. The molecule has 0 fully saturated rings. The zero-order valence-electron chi connectivity index (χ0n) is 11.5. The second-order valence-electron chi connectivity index (χ2n) is 5.61. The zero-order valence-corrected chi connectivity index (χ0v) is 11.5. The van der Waals surface area contributed by atoms with Gasteiger partial charge in [-0.25, -0.2) is 4.98 Å². The van der Waals surface area contributed by atoms with Crippen LogP contribution in [0.5, 0.6) is 0 Å². The maximum Gasteiger partial charge on any atom is 0.0958 e. The molecule has 3 heteroatoms. The molecule has 3 nitrogen and oxygen atoms in total. The Kier molecular flexibility index (Phi) is 3.13. The maximum absolute atomic E-state index is 9.04. The highest BCUT2D eigenvalue weighted by atomic mass is 15.0. The number of fused-ring (bicyclic) bond motifs is 1. The number of nitrogens with zero attached hydrogens (tertiary/aromatic N) is 3. The van der Waals surface area contributed by atoms with E-state index in [9.17, 15) is 0 Å². The first-order valence-electron chi connectivity index (χ1n) is 6.26. The number of aromatic nitrogens is 2. The highest BCUT2D eigenvalue weighted by Gasteiger charge is 2.17. The first-order valence-corrected chi connectivity index (χ1v) is 6.26. The fourth-order valence-electron chi connectivity index (χ4n) is 1.95. The van der Waals surface area contributed by atoms with E-state index in [1.807, 2.05) is 20.2 Å². The molecular formula is C15H19N3. The predicted octanol–water partition coefficient (Wildman–Crippen LogP) is 3.59. The van der Waals surface area contributed by atoms with Crippen molar-refractivity contribution in [2.75, 3.05) is 0 Å². The van der Waals surface area contributed by atoms with E-state index in [2.05, 4.69) is 41.6 Å². The molecule has 0 saturated carbocycles. The van der Waals surface area contributed by atoms with Gasteiger partial charge in [-0.2, -0.15) is 5.26 Å². The van der Waals surface area contributed by atoms with Gasteiger partial charge in [0, 0.05) is 6.54 Å². The molecule has 0 atom stereocenters. The van der Waals surface area contributed by atoms with Gasteiger partial charge in [-0.15, -0.1) is 0 Å². The fourth-order valence-corrected chi connectivity index (χ4v) is 1.95. The molecule has 1 aromatic carbocycles. The van der Waals surface area contributed by atoms with Crippen molar-refractivity contribution in [2.45, 2.75) is 40.7 Å². The molecule has 18 heavy (non-hydrogen) atoms. The lowest BCUT2D eigenvalue weighted by Crippen LogP contribution is -2.11. The van der Waals surface area contributed by atoms with E-state index in [0.29, 0.717) is 0 Å². The number of hydrogen-bond acceptors (Lipinski definition) is 2. The van der Waals surface area contributed by atoms with Crippen LogP contribution in [0.2, 0.25) is 0 Å². The van der Waals surface area contributed by atoms with Crippen molar-refractivity contribution in [2.24, 2.45) is 5.41 Å². The number of nitriles is 1. The highest BCUT2D eigenvalue weighted by Crippen LogP contribution is 2.23. The monoisotopic (exact) mass is 241 g/mol. The fraction of sp³-hybridized carbons (Fsp3) is 0.467. The van der Waals surface area contributed by atoms with Gasteiger partial charge in [0.1, 0.15) is 0 Å². The predicted molar refractivity (Wildman–Crippen MR) is 73.2 cm³/mol. The van der Waals surface area contributed by atoms with Crippen LogP contribution < -0.4 is 0 Å². The van der Waals surface area contributed by atoms with Gasteiger partial charge in [0.15, 0.2) is 0 Å². The van der Waals surface area contributed by atoms with E-state index in [0.717, 1.165) is 24.0 Å². The van der Waals surface area contributed by atoms with Crippen molar-refractivity contribution in [3.05, 3.63) is 29.6 Å². The molecule has 0 unspecified atom stereocenters. The Morgan fingerprint density at radius 2 is 1.94 bits per heavy atom. The number of hydrogen-bond donors (Lipinski definition) is 0. The minimum Gasteiger partial charge on any atom is -0.331 e.